The summed E-state index contributed by atoms with van der Waals surface area (Å²) in [5.74, 6) is 0.313. The molecule has 52 heavy (non-hydrogen) atoms. The minimum atomic E-state index is 0.209. The lowest BCUT2D eigenvalue weighted by molar-refractivity contribution is 0.566. The molecule has 11 rings (SSSR count). The number of anilines is 4. The average Bonchev–Trinajstić information content (AvgIpc) is 3.89. The topological polar surface area (TPSA) is 19.6 Å². The summed E-state index contributed by atoms with van der Waals surface area (Å²) in [5.41, 5.74) is 11.8. The number of furan rings is 1. The van der Waals surface area contributed by atoms with Gasteiger partial charge in [-0.05, 0) is 84.1 Å². The number of allylic oxidation sites excluding steroid dienone is 2. The molecule has 248 valence electrons. The second-order valence-electron chi connectivity index (χ2n) is 13.9. The number of fused-ring (bicyclic) bond motifs is 9. The van der Waals surface area contributed by atoms with Gasteiger partial charge in [-0.3, -0.25) is 0 Å². The van der Waals surface area contributed by atoms with Crippen LogP contribution in [0.25, 0.3) is 48.5 Å². The summed E-state index contributed by atoms with van der Waals surface area (Å²) in [6, 6.07) is 53.1. The van der Waals surface area contributed by atoms with Crippen LogP contribution in [0.4, 0.5) is 22.7 Å². The van der Waals surface area contributed by atoms with Gasteiger partial charge in [-0.15, -0.1) is 11.3 Å². The van der Waals surface area contributed by atoms with Crippen molar-refractivity contribution in [1.29, 1.82) is 0 Å². The largest absolute Gasteiger partial charge is 0.454 e. The molecule has 0 N–H and O–H groups in total. The van der Waals surface area contributed by atoms with E-state index in [-0.39, 0.29) is 6.04 Å². The second kappa shape index (κ2) is 11.7. The van der Waals surface area contributed by atoms with Gasteiger partial charge in [0.05, 0.1) is 17.4 Å². The first-order valence-electron chi connectivity index (χ1n) is 18.2. The SMILES string of the molecule is C1=CC2c3ccccc3N(c3ccccc3)C2C=C1c1ccc(N(C2=c3oc4ccccc4c3=CCC2)c2cccc3sc4ccccc4c23)cc1. The van der Waals surface area contributed by atoms with Crippen molar-refractivity contribution in [2.75, 3.05) is 9.80 Å². The molecular weight excluding hydrogens is 653 g/mol. The van der Waals surface area contributed by atoms with Crippen molar-refractivity contribution in [2.45, 2.75) is 24.8 Å². The van der Waals surface area contributed by atoms with Gasteiger partial charge in [-0.2, -0.15) is 0 Å². The standard InChI is InChI=1S/C48H34N2OS/c1-2-12-33(13-3-1)49-40-18-7-4-14-35(40)36-29-26-32(30-43(36)49)31-24-27-34(28-25-31)50(41-19-11-23-46-47(41)39-16-6-9-22-45(39)52-46)42-20-10-17-38-37-15-5-8-21-44(37)51-48(38)42/h1-9,11-19,21-30,36,43H,10,20H2. The molecule has 4 heteroatoms. The first-order valence-corrected chi connectivity index (χ1v) is 19.0. The van der Waals surface area contributed by atoms with Gasteiger partial charge in [-0.25, -0.2) is 0 Å². The molecule has 0 radical (unpaired) electrons. The molecule has 3 aliphatic rings. The van der Waals surface area contributed by atoms with Gasteiger partial charge in [0.1, 0.15) is 5.58 Å². The van der Waals surface area contributed by atoms with Gasteiger partial charge in [-0.1, -0.05) is 115 Å². The van der Waals surface area contributed by atoms with Gasteiger partial charge >= 0.3 is 0 Å². The van der Waals surface area contributed by atoms with Crippen LogP contribution >= 0.6 is 11.3 Å². The number of hydrogen-bond acceptors (Lipinski definition) is 4. The summed E-state index contributed by atoms with van der Waals surface area (Å²) >= 11 is 1.86. The minimum absolute atomic E-state index is 0.209. The van der Waals surface area contributed by atoms with Gasteiger partial charge in [0, 0.05) is 53.8 Å². The first-order chi connectivity index (χ1) is 25.8. The van der Waals surface area contributed by atoms with Crippen LogP contribution in [0.3, 0.4) is 0 Å². The highest BCUT2D eigenvalue weighted by molar-refractivity contribution is 7.26. The van der Waals surface area contributed by atoms with Crippen LogP contribution in [0.15, 0.2) is 168 Å². The molecule has 8 aromatic rings. The summed E-state index contributed by atoms with van der Waals surface area (Å²) in [4.78, 5) is 4.98. The molecule has 0 fully saturated rings. The number of nitrogens with zero attached hydrogens (tertiary/aromatic N) is 2. The summed E-state index contributed by atoms with van der Waals surface area (Å²) < 4.78 is 9.31. The van der Waals surface area contributed by atoms with Crippen molar-refractivity contribution in [3.8, 4) is 0 Å². The molecule has 3 nitrogen and oxygen atoms in total. The smallest absolute Gasteiger partial charge is 0.154 e. The lowest BCUT2D eigenvalue weighted by atomic mass is 9.87. The number of thiophene rings is 1. The Bertz CT molecular complexity index is 2880. The number of para-hydroxylation sites is 3. The summed E-state index contributed by atoms with van der Waals surface area (Å²) in [7, 11) is 0. The number of hydrogen-bond donors (Lipinski definition) is 0. The summed E-state index contributed by atoms with van der Waals surface area (Å²) in [5, 5.41) is 4.96. The Morgan fingerprint density at radius 2 is 1.46 bits per heavy atom. The zero-order valence-electron chi connectivity index (χ0n) is 28.4. The van der Waals surface area contributed by atoms with Crippen molar-refractivity contribution in [1.82, 2.24) is 0 Å². The highest BCUT2D eigenvalue weighted by Gasteiger charge is 2.38. The third-order valence-electron chi connectivity index (χ3n) is 11.1. The Kier molecular flexibility index (Phi) is 6.68. The van der Waals surface area contributed by atoms with Crippen LogP contribution in [-0.4, -0.2) is 6.04 Å². The lowest BCUT2D eigenvalue weighted by Gasteiger charge is -2.30. The van der Waals surface area contributed by atoms with Crippen LogP contribution in [0.2, 0.25) is 0 Å². The van der Waals surface area contributed by atoms with Crippen LogP contribution in [0, 0.1) is 0 Å². The Morgan fingerprint density at radius 3 is 2.37 bits per heavy atom. The molecule has 0 spiro atoms. The minimum Gasteiger partial charge on any atom is -0.454 e. The van der Waals surface area contributed by atoms with E-state index in [1.54, 1.807) is 0 Å². The Labute approximate surface area is 306 Å². The van der Waals surface area contributed by atoms with Gasteiger partial charge < -0.3 is 14.2 Å². The van der Waals surface area contributed by atoms with Crippen LogP contribution in [0.1, 0.15) is 29.9 Å². The van der Waals surface area contributed by atoms with Crippen LogP contribution in [-0.2, 0) is 0 Å². The predicted octanol–water partition coefficient (Wildman–Crippen LogP) is 11.6. The normalized spacial score (nSPS) is 17.6. The molecule has 3 heterocycles. The van der Waals surface area contributed by atoms with Crippen molar-refractivity contribution in [2.24, 2.45) is 0 Å². The monoisotopic (exact) mass is 686 g/mol. The Hall–Kier alpha value is -6.10. The van der Waals surface area contributed by atoms with E-state index in [4.69, 9.17) is 4.42 Å². The van der Waals surface area contributed by atoms with Crippen molar-refractivity contribution >= 4 is 82.6 Å². The molecule has 2 aliphatic carbocycles. The fraction of sp³-hybridized carbons (Fsp3) is 0.0833. The lowest BCUT2D eigenvalue weighted by Crippen LogP contribution is -2.33. The zero-order chi connectivity index (χ0) is 34.2. The van der Waals surface area contributed by atoms with Gasteiger partial charge in [0.2, 0.25) is 0 Å². The van der Waals surface area contributed by atoms with Crippen molar-refractivity contribution < 1.29 is 4.42 Å². The van der Waals surface area contributed by atoms with Crippen LogP contribution in [0.5, 0.6) is 0 Å². The summed E-state index contributed by atoms with van der Waals surface area (Å²) in [6.45, 7) is 0. The second-order valence-corrected chi connectivity index (χ2v) is 15.0. The maximum atomic E-state index is 6.71. The van der Waals surface area contributed by atoms with E-state index in [2.05, 4.69) is 180 Å². The molecule has 0 saturated carbocycles. The molecule has 1 aliphatic heterocycles. The van der Waals surface area contributed by atoms with Gasteiger partial charge in [0.15, 0.2) is 5.42 Å². The number of rotatable bonds is 5. The molecule has 2 aromatic heterocycles. The molecular formula is C48H34N2OS. The Balaban J connectivity index is 1.06. The van der Waals surface area contributed by atoms with E-state index in [9.17, 15) is 0 Å². The molecule has 6 aromatic carbocycles. The van der Waals surface area contributed by atoms with E-state index < -0.39 is 0 Å². The molecule has 0 bridgehead atoms. The van der Waals surface area contributed by atoms with E-state index in [1.807, 2.05) is 11.3 Å². The average molecular weight is 687 g/mol. The number of benzene rings is 6. The van der Waals surface area contributed by atoms with E-state index in [0.29, 0.717) is 5.92 Å². The van der Waals surface area contributed by atoms with E-state index in [1.165, 1.54) is 70.2 Å². The third-order valence-corrected chi connectivity index (χ3v) is 12.2. The molecule has 0 saturated heterocycles. The van der Waals surface area contributed by atoms with Crippen molar-refractivity contribution in [3.63, 3.8) is 0 Å². The van der Waals surface area contributed by atoms with Crippen molar-refractivity contribution in [3.05, 3.63) is 186 Å². The fourth-order valence-corrected chi connectivity index (χ4v) is 9.90. The van der Waals surface area contributed by atoms with Gasteiger partial charge in [0.25, 0.3) is 0 Å². The zero-order valence-corrected chi connectivity index (χ0v) is 29.3. The summed E-state index contributed by atoms with van der Waals surface area (Å²) in [6.07, 6.45) is 11.4. The molecule has 0 amide bonds. The Morgan fingerprint density at radius 1 is 0.692 bits per heavy atom. The third kappa shape index (κ3) is 4.51. The fourth-order valence-electron chi connectivity index (χ4n) is 8.78. The van der Waals surface area contributed by atoms with E-state index >= 15 is 0 Å². The quantitative estimate of drug-likeness (QED) is 0.180. The highest BCUT2D eigenvalue weighted by Crippen LogP contribution is 2.49. The molecule has 2 unspecified atom stereocenters. The predicted molar refractivity (Wildman–Crippen MR) is 219 cm³/mol. The maximum absolute atomic E-state index is 6.71. The highest BCUT2D eigenvalue weighted by atomic mass is 32.1. The molecule has 2 atom stereocenters. The van der Waals surface area contributed by atoms with Crippen LogP contribution < -0.4 is 20.4 Å². The first kappa shape index (κ1) is 29.6. The van der Waals surface area contributed by atoms with E-state index in [0.717, 1.165) is 29.5 Å². The maximum Gasteiger partial charge on any atom is 0.154 e.